The molecule has 1 aliphatic rings. The molecule has 0 aromatic heterocycles. The van der Waals surface area contributed by atoms with Gasteiger partial charge in [0.05, 0.1) is 5.60 Å². The Morgan fingerprint density at radius 1 is 1.46 bits per heavy atom. The highest BCUT2D eigenvalue weighted by atomic mass is 16.4. The van der Waals surface area contributed by atoms with Crippen molar-refractivity contribution in [1.82, 2.24) is 5.32 Å². The van der Waals surface area contributed by atoms with Crippen LogP contribution in [0.15, 0.2) is 0 Å². The first-order valence-corrected chi connectivity index (χ1v) is 4.61. The molecule has 0 bridgehead atoms. The average Bonchev–Trinajstić information content (AvgIpc) is 2.32. The van der Waals surface area contributed by atoms with E-state index in [0.717, 1.165) is 19.3 Å². The Balaban J connectivity index is 2.41. The fourth-order valence-corrected chi connectivity index (χ4v) is 1.93. The summed E-state index contributed by atoms with van der Waals surface area (Å²) in [5.41, 5.74) is -0.686. The van der Waals surface area contributed by atoms with Crippen LogP contribution in [0.5, 0.6) is 0 Å². The van der Waals surface area contributed by atoms with E-state index >= 15 is 0 Å². The number of carbonyl (C=O) groups is 1. The van der Waals surface area contributed by atoms with Crippen molar-refractivity contribution in [2.45, 2.75) is 44.8 Å². The van der Waals surface area contributed by atoms with E-state index < -0.39 is 11.7 Å². The lowest BCUT2D eigenvalue weighted by Gasteiger charge is -2.25. The van der Waals surface area contributed by atoms with Gasteiger partial charge in [-0.1, -0.05) is 0 Å². The molecule has 0 aliphatic heterocycles. The molecule has 0 aromatic rings. The van der Waals surface area contributed by atoms with Gasteiger partial charge in [-0.2, -0.15) is 0 Å². The molecule has 0 heterocycles. The molecule has 2 atom stereocenters. The minimum atomic E-state index is -0.971. The third-order valence-corrected chi connectivity index (χ3v) is 2.76. The van der Waals surface area contributed by atoms with Crippen molar-refractivity contribution in [3.8, 4) is 0 Å². The van der Waals surface area contributed by atoms with Crippen LogP contribution in [-0.2, 0) is 0 Å². The van der Waals surface area contributed by atoms with E-state index in [2.05, 4.69) is 5.32 Å². The Morgan fingerprint density at radius 3 is 2.46 bits per heavy atom. The van der Waals surface area contributed by atoms with Crippen LogP contribution in [0.25, 0.3) is 0 Å². The van der Waals surface area contributed by atoms with E-state index in [9.17, 15) is 9.90 Å². The van der Waals surface area contributed by atoms with Gasteiger partial charge in [0.2, 0.25) is 0 Å². The Morgan fingerprint density at radius 2 is 2.08 bits per heavy atom. The van der Waals surface area contributed by atoms with Crippen molar-refractivity contribution in [2.24, 2.45) is 5.92 Å². The molecule has 0 saturated heterocycles. The topological polar surface area (TPSA) is 69.6 Å². The van der Waals surface area contributed by atoms with Crippen LogP contribution in [0.2, 0.25) is 0 Å². The van der Waals surface area contributed by atoms with Gasteiger partial charge in [-0.25, -0.2) is 4.79 Å². The predicted molar refractivity (Wildman–Crippen MR) is 48.6 cm³/mol. The molecule has 1 fully saturated rings. The highest BCUT2D eigenvalue weighted by Crippen LogP contribution is 2.33. The quantitative estimate of drug-likeness (QED) is 0.608. The second-order valence-corrected chi connectivity index (χ2v) is 4.31. The molecule has 1 rings (SSSR count). The van der Waals surface area contributed by atoms with Crippen LogP contribution >= 0.6 is 0 Å². The van der Waals surface area contributed by atoms with Gasteiger partial charge in [0, 0.05) is 6.04 Å². The summed E-state index contributed by atoms with van der Waals surface area (Å²) in [5.74, 6) is 0.212. The fraction of sp³-hybridized carbons (Fsp3) is 0.889. The molecular formula is C9H17NO3. The molecule has 0 aromatic carbocycles. The summed E-state index contributed by atoms with van der Waals surface area (Å²) < 4.78 is 0. The molecule has 0 spiro atoms. The zero-order valence-corrected chi connectivity index (χ0v) is 8.08. The minimum Gasteiger partial charge on any atom is -0.465 e. The molecule has 0 radical (unpaired) electrons. The number of aliphatic hydroxyl groups is 1. The molecule has 76 valence electrons. The Kier molecular flexibility index (Phi) is 2.81. The third kappa shape index (κ3) is 2.88. The summed E-state index contributed by atoms with van der Waals surface area (Å²) in [4.78, 5) is 10.3. The standard InChI is InChI=1S/C9H17NO3/c1-9(2,13)6-3-4-7(5-6)10-8(11)12/h6-7,10,13H,3-5H2,1-2H3,(H,11,12)/t6-,7+/m0/s1. The zero-order chi connectivity index (χ0) is 10.1. The lowest BCUT2D eigenvalue weighted by Crippen LogP contribution is -2.34. The summed E-state index contributed by atoms with van der Waals surface area (Å²) in [5, 5.41) is 20.6. The SMILES string of the molecule is CC(C)(O)[C@H]1CC[C@@H](NC(=O)O)C1. The van der Waals surface area contributed by atoms with Crippen LogP contribution in [0.3, 0.4) is 0 Å². The first-order valence-electron chi connectivity index (χ1n) is 4.61. The largest absolute Gasteiger partial charge is 0.465 e. The van der Waals surface area contributed by atoms with Crippen molar-refractivity contribution < 1.29 is 15.0 Å². The second kappa shape index (κ2) is 3.54. The maximum absolute atomic E-state index is 10.3. The molecule has 1 amide bonds. The lowest BCUT2D eigenvalue weighted by atomic mass is 9.90. The van der Waals surface area contributed by atoms with Gasteiger partial charge in [-0.05, 0) is 39.0 Å². The third-order valence-electron chi connectivity index (χ3n) is 2.76. The second-order valence-electron chi connectivity index (χ2n) is 4.31. The van der Waals surface area contributed by atoms with E-state index in [-0.39, 0.29) is 12.0 Å². The molecule has 13 heavy (non-hydrogen) atoms. The van der Waals surface area contributed by atoms with Gasteiger partial charge >= 0.3 is 6.09 Å². The Hall–Kier alpha value is -0.770. The van der Waals surface area contributed by atoms with Gasteiger partial charge in [0.1, 0.15) is 0 Å². The molecule has 3 N–H and O–H groups in total. The molecule has 1 aliphatic carbocycles. The first kappa shape index (κ1) is 10.3. The van der Waals surface area contributed by atoms with Crippen molar-refractivity contribution in [1.29, 1.82) is 0 Å². The van der Waals surface area contributed by atoms with Gasteiger partial charge in [0.25, 0.3) is 0 Å². The van der Waals surface area contributed by atoms with Gasteiger partial charge in [0.15, 0.2) is 0 Å². The number of hydrogen-bond acceptors (Lipinski definition) is 2. The average molecular weight is 187 g/mol. The molecule has 4 nitrogen and oxygen atoms in total. The van der Waals surface area contributed by atoms with Gasteiger partial charge in [-0.15, -0.1) is 0 Å². The minimum absolute atomic E-state index is 0.0222. The summed E-state index contributed by atoms with van der Waals surface area (Å²) in [6.07, 6.45) is 1.51. The highest BCUT2D eigenvalue weighted by molar-refractivity contribution is 5.64. The van der Waals surface area contributed by atoms with Crippen LogP contribution in [0.1, 0.15) is 33.1 Å². The predicted octanol–water partition coefficient (Wildman–Crippen LogP) is 1.19. The van der Waals surface area contributed by atoms with E-state index in [1.54, 1.807) is 13.8 Å². The monoisotopic (exact) mass is 187 g/mol. The number of amides is 1. The van der Waals surface area contributed by atoms with E-state index in [1.807, 2.05) is 0 Å². The summed E-state index contributed by atoms with van der Waals surface area (Å²) in [6.45, 7) is 3.56. The maximum atomic E-state index is 10.3. The normalized spacial score (nSPS) is 28.8. The fourth-order valence-electron chi connectivity index (χ4n) is 1.93. The molecule has 0 unspecified atom stereocenters. The summed E-state index contributed by atoms with van der Waals surface area (Å²) >= 11 is 0. The van der Waals surface area contributed by atoms with Crippen LogP contribution in [-0.4, -0.2) is 27.9 Å². The van der Waals surface area contributed by atoms with Crippen molar-refractivity contribution in [3.63, 3.8) is 0 Å². The number of hydrogen-bond donors (Lipinski definition) is 3. The highest BCUT2D eigenvalue weighted by Gasteiger charge is 2.34. The number of nitrogens with one attached hydrogen (secondary N) is 1. The van der Waals surface area contributed by atoms with E-state index in [0.29, 0.717) is 0 Å². The Bertz CT molecular complexity index is 198. The lowest BCUT2D eigenvalue weighted by molar-refractivity contribution is 0.0190. The first-order chi connectivity index (χ1) is 5.89. The number of rotatable bonds is 2. The molecule has 1 saturated carbocycles. The molecular weight excluding hydrogens is 170 g/mol. The summed E-state index contributed by atoms with van der Waals surface area (Å²) in [7, 11) is 0. The van der Waals surface area contributed by atoms with Crippen molar-refractivity contribution >= 4 is 6.09 Å². The number of carboxylic acid groups (broad SMARTS) is 1. The van der Waals surface area contributed by atoms with Crippen LogP contribution in [0, 0.1) is 5.92 Å². The smallest absolute Gasteiger partial charge is 0.404 e. The van der Waals surface area contributed by atoms with E-state index in [4.69, 9.17) is 5.11 Å². The van der Waals surface area contributed by atoms with Gasteiger partial charge < -0.3 is 15.5 Å². The van der Waals surface area contributed by atoms with Crippen LogP contribution in [0.4, 0.5) is 4.79 Å². The van der Waals surface area contributed by atoms with Crippen molar-refractivity contribution in [3.05, 3.63) is 0 Å². The zero-order valence-electron chi connectivity index (χ0n) is 8.08. The van der Waals surface area contributed by atoms with Crippen molar-refractivity contribution in [2.75, 3.05) is 0 Å². The Labute approximate surface area is 78.0 Å². The molecule has 4 heteroatoms. The van der Waals surface area contributed by atoms with Crippen LogP contribution < -0.4 is 5.32 Å². The summed E-state index contributed by atoms with van der Waals surface area (Å²) in [6, 6.07) is 0.0222. The van der Waals surface area contributed by atoms with Gasteiger partial charge in [-0.3, -0.25) is 0 Å². The maximum Gasteiger partial charge on any atom is 0.404 e. The van der Waals surface area contributed by atoms with E-state index in [1.165, 1.54) is 0 Å².